The molecule has 0 aliphatic carbocycles. The van der Waals surface area contributed by atoms with E-state index in [-0.39, 0.29) is 34.6 Å². The van der Waals surface area contributed by atoms with Crippen molar-refractivity contribution < 1.29 is 33.3 Å². The molecule has 9 heteroatoms. The van der Waals surface area contributed by atoms with Gasteiger partial charge in [-0.15, -0.1) is 0 Å². The van der Waals surface area contributed by atoms with Crippen molar-refractivity contribution >= 4 is 11.9 Å². The van der Waals surface area contributed by atoms with Crippen LogP contribution >= 0.6 is 0 Å². The van der Waals surface area contributed by atoms with Crippen LogP contribution in [0.1, 0.15) is 53.0 Å². The molecular formula is C25H31FN2O6. The lowest BCUT2D eigenvalue weighted by Crippen LogP contribution is -2.44. The van der Waals surface area contributed by atoms with Gasteiger partial charge in [0.2, 0.25) is 5.82 Å². The molecule has 34 heavy (non-hydrogen) atoms. The second-order valence-electron chi connectivity index (χ2n) is 8.05. The van der Waals surface area contributed by atoms with Crippen molar-refractivity contribution in [3.8, 4) is 17.2 Å². The lowest BCUT2D eigenvalue weighted by molar-refractivity contribution is 0.0696. The van der Waals surface area contributed by atoms with Crippen LogP contribution in [0.4, 0.5) is 4.39 Å². The number of rotatable bonds is 10. The molecule has 2 N–H and O–H groups in total. The zero-order chi connectivity index (χ0) is 24.7. The Hall–Kier alpha value is -3.33. The lowest BCUT2D eigenvalue weighted by atomic mass is 10.0. The Morgan fingerprint density at radius 2 is 1.62 bits per heavy atom. The highest BCUT2D eigenvalue weighted by molar-refractivity contribution is 5.98. The van der Waals surface area contributed by atoms with Crippen LogP contribution in [0, 0.1) is 5.82 Å². The first-order chi connectivity index (χ1) is 16.3. The van der Waals surface area contributed by atoms with Gasteiger partial charge in [0.15, 0.2) is 11.5 Å². The second kappa shape index (κ2) is 11.7. The molecule has 2 aromatic rings. The van der Waals surface area contributed by atoms with Gasteiger partial charge in [-0.3, -0.25) is 9.69 Å². The molecule has 0 radical (unpaired) electrons. The summed E-state index contributed by atoms with van der Waals surface area (Å²) in [5.41, 5.74) is 1.14. The molecule has 8 nitrogen and oxygen atoms in total. The molecule has 1 fully saturated rings. The van der Waals surface area contributed by atoms with E-state index in [1.165, 1.54) is 25.3 Å². The molecule has 1 aliphatic rings. The SMILES string of the molecule is CCOc1cc(CN2CCC(NC(=O)c3cc(OC)cc(C(=O)O)c3)CC2)cc(OCC)c1F. The van der Waals surface area contributed by atoms with Crippen molar-refractivity contribution in [2.45, 2.75) is 39.3 Å². The zero-order valence-corrected chi connectivity index (χ0v) is 19.7. The molecule has 1 aliphatic heterocycles. The van der Waals surface area contributed by atoms with Gasteiger partial charge in [0, 0.05) is 31.2 Å². The molecule has 0 unspecified atom stereocenters. The Morgan fingerprint density at radius 3 is 2.15 bits per heavy atom. The molecule has 1 amide bonds. The number of amides is 1. The van der Waals surface area contributed by atoms with Crippen molar-refractivity contribution in [3.05, 3.63) is 52.8 Å². The van der Waals surface area contributed by atoms with Crippen LogP contribution in [0.15, 0.2) is 30.3 Å². The second-order valence-corrected chi connectivity index (χ2v) is 8.05. The molecule has 1 saturated heterocycles. The van der Waals surface area contributed by atoms with Crippen LogP contribution in [0.3, 0.4) is 0 Å². The number of benzene rings is 2. The summed E-state index contributed by atoms with van der Waals surface area (Å²) in [5.74, 6) is -1.26. The summed E-state index contributed by atoms with van der Waals surface area (Å²) in [6, 6.07) is 7.62. The fourth-order valence-electron chi connectivity index (χ4n) is 3.97. The number of piperidine rings is 1. The van der Waals surface area contributed by atoms with Crippen LogP contribution in [0.2, 0.25) is 0 Å². The number of methoxy groups -OCH3 is 1. The van der Waals surface area contributed by atoms with Crippen LogP contribution in [-0.2, 0) is 6.54 Å². The van der Waals surface area contributed by atoms with Crippen LogP contribution in [0.25, 0.3) is 0 Å². The van der Waals surface area contributed by atoms with Gasteiger partial charge in [0.25, 0.3) is 5.91 Å². The van der Waals surface area contributed by atoms with E-state index in [9.17, 15) is 19.1 Å². The Labute approximate surface area is 198 Å². The van der Waals surface area contributed by atoms with Gasteiger partial charge >= 0.3 is 5.97 Å². The highest BCUT2D eigenvalue weighted by Gasteiger charge is 2.23. The third-order valence-corrected chi connectivity index (χ3v) is 5.65. The molecule has 0 bridgehead atoms. The van der Waals surface area contributed by atoms with E-state index in [0.717, 1.165) is 31.5 Å². The maximum atomic E-state index is 14.5. The topological polar surface area (TPSA) is 97.3 Å². The predicted octanol–water partition coefficient (Wildman–Crippen LogP) is 3.72. The molecule has 2 aromatic carbocycles. The summed E-state index contributed by atoms with van der Waals surface area (Å²) in [5, 5.41) is 12.3. The van der Waals surface area contributed by atoms with Gasteiger partial charge in [-0.05, 0) is 62.6 Å². The average Bonchev–Trinajstić information content (AvgIpc) is 2.83. The van der Waals surface area contributed by atoms with Crippen LogP contribution in [0.5, 0.6) is 17.2 Å². The molecule has 0 spiro atoms. The quantitative estimate of drug-likeness (QED) is 0.542. The van der Waals surface area contributed by atoms with E-state index >= 15 is 0 Å². The Kier molecular flexibility index (Phi) is 8.70. The number of ether oxygens (including phenoxy) is 3. The maximum absolute atomic E-state index is 14.5. The van der Waals surface area contributed by atoms with E-state index in [2.05, 4.69) is 10.2 Å². The number of likely N-dealkylation sites (tertiary alicyclic amines) is 1. The summed E-state index contributed by atoms with van der Waals surface area (Å²) in [6.45, 7) is 6.43. The number of hydrogen-bond donors (Lipinski definition) is 2. The summed E-state index contributed by atoms with van der Waals surface area (Å²) in [6.07, 6.45) is 1.47. The molecule has 0 atom stereocenters. The van der Waals surface area contributed by atoms with E-state index in [0.29, 0.717) is 25.5 Å². The third kappa shape index (κ3) is 6.38. The number of carbonyl (C=O) groups is 2. The number of carbonyl (C=O) groups excluding carboxylic acids is 1. The monoisotopic (exact) mass is 474 g/mol. The summed E-state index contributed by atoms with van der Waals surface area (Å²) >= 11 is 0. The fourth-order valence-corrected chi connectivity index (χ4v) is 3.97. The Balaban J connectivity index is 1.60. The molecule has 0 aromatic heterocycles. The minimum atomic E-state index is -1.12. The summed E-state index contributed by atoms with van der Waals surface area (Å²) in [4.78, 5) is 26.3. The molecular weight excluding hydrogens is 443 g/mol. The number of nitrogens with zero attached hydrogens (tertiary/aromatic N) is 1. The maximum Gasteiger partial charge on any atom is 0.335 e. The molecule has 0 saturated carbocycles. The molecule has 3 rings (SSSR count). The van der Waals surface area contributed by atoms with Crippen molar-refractivity contribution in [2.75, 3.05) is 33.4 Å². The standard InChI is InChI=1S/C25H31FN2O6/c1-4-33-21-10-16(11-22(23(21)26)34-5-2)15-28-8-6-19(7-9-28)27-24(29)17-12-18(25(30)31)14-20(13-17)32-3/h10-14,19H,4-9,15H2,1-3H3,(H,27,29)(H,30,31). The third-order valence-electron chi connectivity index (χ3n) is 5.65. The first-order valence-corrected chi connectivity index (χ1v) is 11.4. The van der Waals surface area contributed by atoms with Gasteiger partial charge in [-0.25, -0.2) is 4.79 Å². The number of carboxylic acids is 1. The number of aromatic carboxylic acids is 1. The Bertz CT molecular complexity index is 993. The largest absolute Gasteiger partial charge is 0.497 e. The number of halogens is 1. The first-order valence-electron chi connectivity index (χ1n) is 11.4. The van der Waals surface area contributed by atoms with Crippen molar-refractivity contribution in [2.24, 2.45) is 0 Å². The van der Waals surface area contributed by atoms with Crippen molar-refractivity contribution in [1.82, 2.24) is 10.2 Å². The highest BCUT2D eigenvalue weighted by atomic mass is 19.1. The van der Waals surface area contributed by atoms with Gasteiger partial charge in [-0.2, -0.15) is 4.39 Å². The van der Waals surface area contributed by atoms with Gasteiger partial charge in [-0.1, -0.05) is 0 Å². The Morgan fingerprint density at radius 1 is 1.03 bits per heavy atom. The smallest absolute Gasteiger partial charge is 0.335 e. The van der Waals surface area contributed by atoms with E-state index < -0.39 is 11.8 Å². The highest BCUT2D eigenvalue weighted by Crippen LogP contribution is 2.30. The van der Waals surface area contributed by atoms with Crippen molar-refractivity contribution in [1.29, 1.82) is 0 Å². The van der Waals surface area contributed by atoms with Crippen LogP contribution < -0.4 is 19.5 Å². The van der Waals surface area contributed by atoms with Gasteiger partial charge < -0.3 is 24.6 Å². The first kappa shape index (κ1) is 25.3. The molecule has 184 valence electrons. The van der Waals surface area contributed by atoms with Gasteiger partial charge in [0.1, 0.15) is 5.75 Å². The summed E-state index contributed by atoms with van der Waals surface area (Å²) in [7, 11) is 1.42. The minimum Gasteiger partial charge on any atom is -0.497 e. The van der Waals surface area contributed by atoms with Crippen LogP contribution in [-0.4, -0.2) is 61.3 Å². The number of hydrogen-bond acceptors (Lipinski definition) is 6. The zero-order valence-electron chi connectivity index (χ0n) is 19.7. The minimum absolute atomic E-state index is 0.00328. The van der Waals surface area contributed by atoms with E-state index in [4.69, 9.17) is 14.2 Å². The van der Waals surface area contributed by atoms with Crippen molar-refractivity contribution in [3.63, 3.8) is 0 Å². The number of carboxylic acid groups (broad SMARTS) is 1. The predicted molar refractivity (Wildman–Crippen MR) is 124 cm³/mol. The number of nitrogens with one attached hydrogen (secondary N) is 1. The summed E-state index contributed by atoms with van der Waals surface area (Å²) < 4.78 is 30.5. The fraction of sp³-hybridized carbons (Fsp3) is 0.440. The lowest BCUT2D eigenvalue weighted by Gasteiger charge is -2.32. The molecule has 1 heterocycles. The average molecular weight is 475 g/mol. The van der Waals surface area contributed by atoms with E-state index in [1.54, 1.807) is 26.0 Å². The van der Waals surface area contributed by atoms with Gasteiger partial charge in [0.05, 0.1) is 25.9 Å². The normalized spacial score (nSPS) is 14.5. The van der Waals surface area contributed by atoms with E-state index in [1.807, 2.05) is 0 Å².